The monoisotopic (exact) mass is 351 g/mol. The zero-order valence-electron chi connectivity index (χ0n) is 14.4. The van der Waals surface area contributed by atoms with Crippen LogP contribution in [-0.2, 0) is 6.42 Å². The number of ether oxygens (including phenoxy) is 2. The molecule has 0 aliphatic rings. The molecule has 6 nitrogen and oxygen atoms in total. The fourth-order valence-corrected chi connectivity index (χ4v) is 2.96. The second-order valence-electron chi connectivity index (χ2n) is 5.72. The average molecular weight is 351 g/mol. The van der Waals surface area contributed by atoms with Gasteiger partial charge in [-0.1, -0.05) is 30.3 Å². The Labute approximate surface area is 150 Å². The van der Waals surface area contributed by atoms with E-state index in [-0.39, 0.29) is 23.6 Å². The lowest BCUT2D eigenvalue weighted by Gasteiger charge is -2.10. The first-order chi connectivity index (χ1) is 12.5. The zero-order chi connectivity index (χ0) is 18.7. The maximum Gasteiger partial charge on any atom is 0.311 e. The number of nitro groups is 1. The number of Topliss-reactive ketones (excluding diaryl/α,β-unsaturated/α-hetero) is 1. The number of nitro benzene ring substituents is 1. The van der Waals surface area contributed by atoms with Crippen molar-refractivity contribution in [1.82, 2.24) is 0 Å². The third-order valence-electron chi connectivity index (χ3n) is 4.21. The first-order valence-electron chi connectivity index (χ1n) is 7.95. The number of methoxy groups -OCH3 is 2. The second-order valence-corrected chi connectivity index (χ2v) is 5.72. The van der Waals surface area contributed by atoms with Crippen LogP contribution in [0.3, 0.4) is 0 Å². The van der Waals surface area contributed by atoms with E-state index in [4.69, 9.17) is 9.47 Å². The van der Waals surface area contributed by atoms with E-state index in [2.05, 4.69) is 0 Å². The van der Waals surface area contributed by atoms with Crippen LogP contribution in [0.25, 0.3) is 10.8 Å². The van der Waals surface area contributed by atoms with Crippen LogP contribution < -0.4 is 9.47 Å². The molecular formula is C20H17NO5. The highest BCUT2D eigenvalue weighted by molar-refractivity contribution is 6.10. The summed E-state index contributed by atoms with van der Waals surface area (Å²) in [5.41, 5.74) is 0.958. The number of fused-ring (bicyclic) bond motifs is 1. The molecule has 0 aliphatic heterocycles. The summed E-state index contributed by atoms with van der Waals surface area (Å²) < 4.78 is 10.3. The maximum absolute atomic E-state index is 12.8. The Hall–Kier alpha value is -3.41. The molecule has 0 radical (unpaired) electrons. The third-order valence-corrected chi connectivity index (χ3v) is 4.21. The molecule has 26 heavy (non-hydrogen) atoms. The Morgan fingerprint density at radius 1 is 0.962 bits per heavy atom. The van der Waals surface area contributed by atoms with Gasteiger partial charge in [-0.3, -0.25) is 14.9 Å². The molecule has 0 amide bonds. The van der Waals surface area contributed by atoms with E-state index in [1.54, 1.807) is 25.3 Å². The van der Waals surface area contributed by atoms with Gasteiger partial charge in [0.2, 0.25) is 0 Å². The molecule has 0 aromatic heterocycles. The molecule has 0 saturated carbocycles. The third kappa shape index (κ3) is 3.21. The SMILES string of the molecule is COc1ccc(CC(=O)c2ccc(OC)c3ccccc23)cc1[N+](=O)[O-]. The summed E-state index contributed by atoms with van der Waals surface area (Å²) in [5.74, 6) is 0.738. The predicted octanol–water partition coefficient (Wildman–Crippen LogP) is 4.19. The molecule has 6 heteroatoms. The molecule has 0 N–H and O–H groups in total. The van der Waals surface area contributed by atoms with E-state index in [0.717, 1.165) is 10.8 Å². The lowest BCUT2D eigenvalue weighted by Crippen LogP contribution is -2.05. The van der Waals surface area contributed by atoms with Gasteiger partial charge in [0.25, 0.3) is 0 Å². The summed E-state index contributed by atoms with van der Waals surface area (Å²) >= 11 is 0. The molecule has 3 aromatic carbocycles. The second kappa shape index (κ2) is 7.23. The van der Waals surface area contributed by atoms with Crippen molar-refractivity contribution in [3.05, 3.63) is 75.8 Å². The summed E-state index contributed by atoms with van der Waals surface area (Å²) in [6, 6.07) is 15.5. The number of hydrogen-bond acceptors (Lipinski definition) is 5. The minimum atomic E-state index is -0.518. The normalized spacial score (nSPS) is 10.5. The van der Waals surface area contributed by atoms with E-state index < -0.39 is 4.92 Å². The van der Waals surface area contributed by atoms with Crippen molar-refractivity contribution in [3.63, 3.8) is 0 Å². The van der Waals surface area contributed by atoms with E-state index >= 15 is 0 Å². The highest BCUT2D eigenvalue weighted by Gasteiger charge is 2.18. The molecule has 132 valence electrons. The van der Waals surface area contributed by atoms with Gasteiger partial charge in [0.1, 0.15) is 5.75 Å². The van der Waals surface area contributed by atoms with Gasteiger partial charge >= 0.3 is 5.69 Å². The van der Waals surface area contributed by atoms with Crippen molar-refractivity contribution < 1.29 is 19.2 Å². The van der Waals surface area contributed by atoms with Gasteiger partial charge in [0, 0.05) is 23.4 Å². The molecule has 0 saturated heterocycles. The van der Waals surface area contributed by atoms with Gasteiger partial charge in [-0.2, -0.15) is 0 Å². The Kier molecular flexibility index (Phi) is 4.84. The molecule has 0 spiro atoms. The summed E-state index contributed by atoms with van der Waals surface area (Å²) in [6.45, 7) is 0. The number of benzene rings is 3. The molecule has 3 aromatic rings. The van der Waals surface area contributed by atoms with E-state index in [1.165, 1.54) is 19.2 Å². The first-order valence-corrected chi connectivity index (χ1v) is 7.95. The van der Waals surface area contributed by atoms with Crippen LogP contribution in [0.15, 0.2) is 54.6 Å². The standard InChI is InChI=1S/C20H17NO5/c1-25-19-10-8-15(14-5-3-4-6-16(14)19)18(22)12-13-7-9-20(26-2)17(11-13)21(23)24/h3-11H,12H2,1-2H3. The van der Waals surface area contributed by atoms with Gasteiger partial charge in [-0.05, 0) is 29.1 Å². The molecular weight excluding hydrogens is 334 g/mol. The molecule has 0 unspecified atom stereocenters. The van der Waals surface area contributed by atoms with Gasteiger partial charge < -0.3 is 9.47 Å². The van der Waals surface area contributed by atoms with Crippen molar-refractivity contribution >= 4 is 22.2 Å². The summed E-state index contributed by atoms with van der Waals surface area (Å²) in [4.78, 5) is 23.5. The number of ketones is 1. The Morgan fingerprint density at radius 2 is 1.62 bits per heavy atom. The summed E-state index contributed by atoms with van der Waals surface area (Å²) in [7, 11) is 2.95. The van der Waals surface area contributed by atoms with E-state index in [0.29, 0.717) is 16.9 Å². The largest absolute Gasteiger partial charge is 0.496 e. The number of hydrogen-bond donors (Lipinski definition) is 0. The van der Waals surface area contributed by atoms with Crippen LogP contribution in [-0.4, -0.2) is 24.9 Å². The first kappa shape index (κ1) is 17.4. The highest BCUT2D eigenvalue weighted by Crippen LogP contribution is 2.31. The summed E-state index contributed by atoms with van der Waals surface area (Å²) in [5, 5.41) is 12.8. The lowest BCUT2D eigenvalue weighted by atomic mass is 9.96. The van der Waals surface area contributed by atoms with Gasteiger partial charge in [-0.25, -0.2) is 0 Å². The van der Waals surface area contributed by atoms with Crippen LogP contribution in [0.1, 0.15) is 15.9 Å². The highest BCUT2D eigenvalue weighted by atomic mass is 16.6. The van der Waals surface area contributed by atoms with E-state index in [1.807, 2.05) is 24.3 Å². The smallest absolute Gasteiger partial charge is 0.311 e. The van der Waals surface area contributed by atoms with Crippen molar-refractivity contribution in [1.29, 1.82) is 0 Å². The Bertz CT molecular complexity index is 997. The van der Waals surface area contributed by atoms with Crippen LogP contribution in [0, 0.1) is 10.1 Å². The molecule has 0 heterocycles. The predicted molar refractivity (Wildman–Crippen MR) is 98.2 cm³/mol. The molecule has 0 bridgehead atoms. The van der Waals surface area contributed by atoms with E-state index in [9.17, 15) is 14.9 Å². The number of rotatable bonds is 6. The number of carbonyl (C=O) groups excluding carboxylic acids is 1. The summed E-state index contributed by atoms with van der Waals surface area (Å²) in [6.07, 6.45) is 0.0567. The van der Waals surface area contributed by atoms with Crippen LogP contribution in [0.5, 0.6) is 11.5 Å². The fourth-order valence-electron chi connectivity index (χ4n) is 2.96. The van der Waals surface area contributed by atoms with Crippen molar-refractivity contribution in [2.75, 3.05) is 14.2 Å². The van der Waals surface area contributed by atoms with Gasteiger partial charge in [-0.15, -0.1) is 0 Å². The van der Waals surface area contributed by atoms with Crippen LogP contribution in [0.4, 0.5) is 5.69 Å². The average Bonchev–Trinajstić information content (AvgIpc) is 2.66. The minimum Gasteiger partial charge on any atom is -0.496 e. The molecule has 0 aliphatic carbocycles. The zero-order valence-corrected chi connectivity index (χ0v) is 14.4. The number of nitrogens with zero attached hydrogens (tertiary/aromatic N) is 1. The minimum absolute atomic E-state index is 0.0567. The molecule has 3 rings (SSSR count). The number of carbonyl (C=O) groups is 1. The van der Waals surface area contributed by atoms with Crippen LogP contribution in [0.2, 0.25) is 0 Å². The fraction of sp³-hybridized carbons (Fsp3) is 0.150. The van der Waals surface area contributed by atoms with Crippen molar-refractivity contribution in [3.8, 4) is 11.5 Å². The topological polar surface area (TPSA) is 78.7 Å². The Morgan fingerprint density at radius 3 is 2.27 bits per heavy atom. The quantitative estimate of drug-likeness (QED) is 0.378. The molecule has 0 fully saturated rings. The Balaban J connectivity index is 1.98. The van der Waals surface area contributed by atoms with Crippen molar-refractivity contribution in [2.24, 2.45) is 0 Å². The van der Waals surface area contributed by atoms with Gasteiger partial charge in [0.15, 0.2) is 11.5 Å². The van der Waals surface area contributed by atoms with Crippen LogP contribution >= 0.6 is 0 Å². The molecule has 0 atom stereocenters. The van der Waals surface area contributed by atoms with Gasteiger partial charge in [0.05, 0.1) is 19.1 Å². The lowest BCUT2D eigenvalue weighted by molar-refractivity contribution is -0.385. The maximum atomic E-state index is 12.8. The van der Waals surface area contributed by atoms with Crippen molar-refractivity contribution in [2.45, 2.75) is 6.42 Å².